The fraction of sp³-hybridized carbons (Fsp3) is 0.0870. The second kappa shape index (κ2) is 6.89. The maximum Gasteiger partial charge on any atom is 0.412 e. The van der Waals surface area contributed by atoms with E-state index in [0.29, 0.717) is 0 Å². The van der Waals surface area contributed by atoms with Gasteiger partial charge >= 0.3 is 6.09 Å². The largest absolute Gasteiger partial charge is 0.441 e. The maximum atomic E-state index is 12.4. The standard InChI is InChI=1S/C23H19NO2/c1-16(19-14-13-17-7-2-3-9-20(17)15-19)26-23(25)24-22-12-6-10-18-8-4-5-11-21(18)22/h2-16H,1H3,(H,24,25). The molecule has 3 heteroatoms. The molecule has 1 atom stereocenters. The number of ether oxygens (including phenoxy) is 1. The molecule has 0 aliphatic rings. The SMILES string of the molecule is CC(OC(=O)Nc1cccc2ccccc12)c1ccc2ccccc2c1. The molecule has 0 aliphatic heterocycles. The molecule has 0 bridgehead atoms. The minimum atomic E-state index is -0.456. The molecule has 0 fully saturated rings. The summed E-state index contributed by atoms with van der Waals surface area (Å²) in [6, 6.07) is 28.0. The van der Waals surface area contributed by atoms with Crippen LogP contribution >= 0.6 is 0 Å². The molecule has 1 N–H and O–H groups in total. The number of nitrogens with one attached hydrogen (secondary N) is 1. The highest BCUT2D eigenvalue weighted by molar-refractivity contribution is 6.00. The first kappa shape index (κ1) is 16.2. The van der Waals surface area contributed by atoms with E-state index in [-0.39, 0.29) is 6.10 Å². The normalized spacial score (nSPS) is 12.0. The van der Waals surface area contributed by atoms with Crippen LogP contribution in [0.3, 0.4) is 0 Å². The number of anilines is 1. The molecule has 0 saturated carbocycles. The van der Waals surface area contributed by atoms with E-state index in [1.165, 1.54) is 5.39 Å². The quantitative estimate of drug-likeness (QED) is 0.474. The third-order valence-corrected chi connectivity index (χ3v) is 4.55. The van der Waals surface area contributed by atoms with Gasteiger partial charge in [-0.15, -0.1) is 0 Å². The van der Waals surface area contributed by atoms with Crippen LogP contribution in [0.1, 0.15) is 18.6 Å². The summed E-state index contributed by atoms with van der Waals surface area (Å²) in [6.07, 6.45) is -0.795. The summed E-state index contributed by atoms with van der Waals surface area (Å²) in [4.78, 5) is 12.4. The Morgan fingerprint density at radius 2 is 1.50 bits per heavy atom. The lowest BCUT2D eigenvalue weighted by Gasteiger charge is -2.15. The monoisotopic (exact) mass is 341 g/mol. The number of carbonyl (C=O) groups excluding carboxylic acids is 1. The molecular weight excluding hydrogens is 322 g/mol. The molecule has 0 spiro atoms. The van der Waals surface area contributed by atoms with E-state index in [1.807, 2.05) is 73.7 Å². The average Bonchev–Trinajstić information content (AvgIpc) is 2.68. The highest BCUT2D eigenvalue weighted by Crippen LogP contribution is 2.25. The number of hydrogen-bond acceptors (Lipinski definition) is 2. The molecule has 3 nitrogen and oxygen atoms in total. The van der Waals surface area contributed by atoms with Crippen LogP contribution in [0.2, 0.25) is 0 Å². The van der Waals surface area contributed by atoms with Crippen molar-refractivity contribution in [2.45, 2.75) is 13.0 Å². The van der Waals surface area contributed by atoms with Gasteiger partial charge in [0.15, 0.2) is 0 Å². The Kier molecular flexibility index (Phi) is 4.28. The molecule has 1 amide bonds. The van der Waals surface area contributed by atoms with Crippen molar-refractivity contribution in [2.24, 2.45) is 0 Å². The van der Waals surface area contributed by atoms with Crippen LogP contribution < -0.4 is 5.32 Å². The van der Waals surface area contributed by atoms with Crippen molar-refractivity contribution in [1.29, 1.82) is 0 Å². The number of fused-ring (bicyclic) bond motifs is 2. The van der Waals surface area contributed by atoms with Crippen LogP contribution in [0.25, 0.3) is 21.5 Å². The molecular formula is C23H19NO2. The zero-order valence-corrected chi connectivity index (χ0v) is 14.5. The summed E-state index contributed by atoms with van der Waals surface area (Å²) in [7, 11) is 0. The molecule has 0 aromatic heterocycles. The molecule has 26 heavy (non-hydrogen) atoms. The van der Waals surface area contributed by atoms with Crippen LogP contribution in [-0.2, 0) is 4.74 Å². The van der Waals surface area contributed by atoms with Crippen molar-refractivity contribution in [1.82, 2.24) is 0 Å². The minimum absolute atomic E-state index is 0.338. The predicted octanol–water partition coefficient (Wildman–Crippen LogP) is 6.30. The number of hydrogen-bond donors (Lipinski definition) is 1. The summed E-state index contributed by atoms with van der Waals surface area (Å²) >= 11 is 0. The van der Waals surface area contributed by atoms with E-state index in [2.05, 4.69) is 23.5 Å². The minimum Gasteiger partial charge on any atom is -0.441 e. The molecule has 0 saturated heterocycles. The first-order valence-corrected chi connectivity index (χ1v) is 8.65. The lowest BCUT2D eigenvalue weighted by Crippen LogP contribution is -2.16. The highest BCUT2D eigenvalue weighted by atomic mass is 16.6. The third kappa shape index (κ3) is 3.24. The number of carbonyl (C=O) groups is 1. The van der Waals surface area contributed by atoms with Crippen molar-refractivity contribution in [2.75, 3.05) is 5.32 Å². The number of rotatable bonds is 3. The molecule has 4 rings (SSSR count). The summed E-state index contributed by atoms with van der Waals surface area (Å²) in [5.41, 5.74) is 1.72. The van der Waals surface area contributed by atoms with E-state index in [9.17, 15) is 4.79 Å². The number of amides is 1. The Hall–Kier alpha value is -3.33. The first-order valence-electron chi connectivity index (χ1n) is 8.65. The summed E-state index contributed by atoms with van der Waals surface area (Å²) in [5, 5.41) is 7.23. The molecule has 0 aliphatic carbocycles. The lowest BCUT2D eigenvalue weighted by atomic mass is 10.0. The van der Waals surface area contributed by atoms with Crippen molar-refractivity contribution >= 4 is 33.3 Å². The molecule has 4 aromatic carbocycles. The average molecular weight is 341 g/mol. The van der Waals surface area contributed by atoms with Gasteiger partial charge in [-0.3, -0.25) is 5.32 Å². The molecule has 1 unspecified atom stereocenters. The van der Waals surface area contributed by atoms with Crippen molar-refractivity contribution in [3.05, 3.63) is 90.5 Å². The fourth-order valence-electron chi connectivity index (χ4n) is 3.16. The fourth-order valence-corrected chi connectivity index (χ4v) is 3.16. The van der Waals surface area contributed by atoms with Crippen LogP contribution in [0.15, 0.2) is 84.9 Å². The van der Waals surface area contributed by atoms with Gasteiger partial charge in [-0.25, -0.2) is 4.79 Å². The van der Waals surface area contributed by atoms with Crippen LogP contribution in [0.4, 0.5) is 10.5 Å². The van der Waals surface area contributed by atoms with Crippen molar-refractivity contribution in [3.63, 3.8) is 0 Å². The van der Waals surface area contributed by atoms with Gasteiger partial charge in [0.2, 0.25) is 0 Å². The Balaban J connectivity index is 1.51. The topological polar surface area (TPSA) is 38.3 Å². The van der Waals surface area contributed by atoms with Gasteiger partial charge in [-0.05, 0) is 40.8 Å². The maximum absolute atomic E-state index is 12.4. The lowest BCUT2D eigenvalue weighted by molar-refractivity contribution is 0.121. The van der Waals surface area contributed by atoms with Crippen LogP contribution in [-0.4, -0.2) is 6.09 Å². The summed E-state index contributed by atoms with van der Waals surface area (Å²) in [6.45, 7) is 1.88. The number of benzene rings is 4. The van der Waals surface area contributed by atoms with Gasteiger partial charge in [0.05, 0.1) is 5.69 Å². The van der Waals surface area contributed by atoms with Gasteiger partial charge in [0.25, 0.3) is 0 Å². The Labute approximate surface area is 152 Å². The molecule has 4 aromatic rings. The molecule has 128 valence electrons. The van der Waals surface area contributed by atoms with Gasteiger partial charge < -0.3 is 4.74 Å². The predicted molar refractivity (Wildman–Crippen MR) is 106 cm³/mol. The molecule has 0 radical (unpaired) electrons. The highest BCUT2D eigenvalue weighted by Gasteiger charge is 2.13. The van der Waals surface area contributed by atoms with E-state index < -0.39 is 6.09 Å². The van der Waals surface area contributed by atoms with Crippen LogP contribution in [0, 0.1) is 0 Å². The Morgan fingerprint density at radius 1 is 0.808 bits per heavy atom. The van der Waals surface area contributed by atoms with E-state index >= 15 is 0 Å². The van der Waals surface area contributed by atoms with Crippen molar-refractivity contribution in [3.8, 4) is 0 Å². The van der Waals surface area contributed by atoms with Gasteiger partial charge in [0.1, 0.15) is 6.10 Å². The van der Waals surface area contributed by atoms with Gasteiger partial charge in [0, 0.05) is 5.39 Å². The first-order chi connectivity index (χ1) is 12.7. The second-order valence-corrected chi connectivity index (χ2v) is 6.31. The Bertz CT molecular complexity index is 1080. The molecule has 0 heterocycles. The van der Waals surface area contributed by atoms with Gasteiger partial charge in [-0.1, -0.05) is 72.8 Å². The van der Waals surface area contributed by atoms with Crippen LogP contribution in [0.5, 0.6) is 0 Å². The summed E-state index contributed by atoms with van der Waals surface area (Å²) < 4.78 is 5.59. The Morgan fingerprint density at radius 3 is 2.35 bits per heavy atom. The summed E-state index contributed by atoms with van der Waals surface area (Å²) in [5.74, 6) is 0. The van der Waals surface area contributed by atoms with E-state index in [4.69, 9.17) is 4.74 Å². The van der Waals surface area contributed by atoms with Gasteiger partial charge in [-0.2, -0.15) is 0 Å². The zero-order chi connectivity index (χ0) is 17.9. The smallest absolute Gasteiger partial charge is 0.412 e. The second-order valence-electron chi connectivity index (χ2n) is 6.31. The zero-order valence-electron chi connectivity index (χ0n) is 14.5. The van der Waals surface area contributed by atoms with E-state index in [0.717, 1.165) is 27.4 Å². The van der Waals surface area contributed by atoms with E-state index in [1.54, 1.807) is 0 Å². The third-order valence-electron chi connectivity index (χ3n) is 4.55. The van der Waals surface area contributed by atoms with Crippen molar-refractivity contribution < 1.29 is 9.53 Å².